The van der Waals surface area contributed by atoms with Gasteiger partial charge in [0.15, 0.2) is 0 Å². The highest BCUT2D eigenvalue weighted by molar-refractivity contribution is 7.09. The average molecular weight is 343 g/mol. The Morgan fingerprint density at radius 1 is 1.42 bits per heavy atom. The Balaban J connectivity index is 1.60. The molecule has 1 saturated heterocycles. The lowest BCUT2D eigenvalue weighted by atomic mass is 9.84. The van der Waals surface area contributed by atoms with E-state index in [1.807, 2.05) is 31.2 Å². The lowest BCUT2D eigenvalue weighted by molar-refractivity contribution is -0.117. The van der Waals surface area contributed by atoms with Gasteiger partial charge in [0, 0.05) is 23.1 Å². The molecule has 2 N–H and O–H groups in total. The van der Waals surface area contributed by atoms with Crippen LogP contribution in [-0.2, 0) is 4.79 Å². The van der Waals surface area contributed by atoms with Crippen LogP contribution in [0.15, 0.2) is 29.6 Å². The molecule has 1 amide bonds. The number of aryl methyl sites for hydroxylation is 1. The molecule has 128 valence electrons. The minimum Gasteiger partial charge on any atom is -0.326 e. The van der Waals surface area contributed by atoms with E-state index in [4.69, 9.17) is 0 Å². The zero-order valence-electron chi connectivity index (χ0n) is 14.3. The molecule has 1 unspecified atom stereocenters. The molecule has 1 aliphatic rings. The third-order valence-corrected chi connectivity index (χ3v) is 5.53. The molecule has 1 aliphatic heterocycles. The number of piperidine rings is 1. The van der Waals surface area contributed by atoms with Crippen LogP contribution in [0.2, 0.25) is 0 Å². The van der Waals surface area contributed by atoms with E-state index in [1.165, 1.54) is 12.8 Å². The van der Waals surface area contributed by atoms with Gasteiger partial charge in [0.05, 0.1) is 10.7 Å². The first-order valence-electron chi connectivity index (χ1n) is 8.65. The number of hydrogen-bond acceptors (Lipinski definition) is 4. The van der Waals surface area contributed by atoms with Crippen molar-refractivity contribution in [3.8, 4) is 11.3 Å². The Bertz CT molecular complexity index is 691. The quantitative estimate of drug-likeness (QED) is 0.860. The number of carbonyl (C=O) groups is 1. The van der Waals surface area contributed by atoms with Crippen LogP contribution in [0, 0.1) is 18.8 Å². The molecule has 3 rings (SSSR count). The summed E-state index contributed by atoms with van der Waals surface area (Å²) in [6.07, 6.45) is 2.94. The summed E-state index contributed by atoms with van der Waals surface area (Å²) in [6.45, 7) is 6.35. The maximum Gasteiger partial charge on any atom is 0.224 e. The molecule has 0 bridgehead atoms. The number of benzene rings is 1. The van der Waals surface area contributed by atoms with E-state index in [2.05, 4.69) is 27.9 Å². The zero-order chi connectivity index (χ0) is 16.9. The summed E-state index contributed by atoms with van der Waals surface area (Å²) >= 11 is 1.64. The van der Waals surface area contributed by atoms with Crippen molar-refractivity contribution in [1.82, 2.24) is 10.3 Å². The Morgan fingerprint density at radius 3 is 2.92 bits per heavy atom. The fourth-order valence-electron chi connectivity index (χ4n) is 3.34. The van der Waals surface area contributed by atoms with E-state index in [9.17, 15) is 4.79 Å². The second kappa shape index (κ2) is 7.90. The van der Waals surface area contributed by atoms with Crippen LogP contribution in [-0.4, -0.2) is 24.0 Å². The molecule has 0 saturated carbocycles. The molecule has 2 heterocycles. The lowest BCUT2D eigenvalue weighted by Gasteiger charge is -2.27. The van der Waals surface area contributed by atoms with Gasteiger partial charge in [-0.05, 0) is 56.8 Å². The fourth-order valence-corrected chi connectivity index (χ4v) is 3.96. The summed E-state index contributed by atoms with van der Waals surface area (Å²) in [5.74, 6) is 1.19. The molecule has 1 aromatic carbocycles. The second-order valence-electron chi connectivity index (χ2n) is 6.65. The van der Waals surface area contributed by atoms with Crippen LogP contribution in [0.4, 0.5) is 5.69 Å². The molecule has 4 nitrogen and oxygen atoms in total. The predicted molar refractivity (Wildman–Crippen MR) is 100 cm³/mol. The third-order valence-electron chi connectivity index (χ3n) is 4.76. The van der Waals surface area contributed by atoms with E-state index < -0.39 is 0 Å². The molecule has 1 aromatic heterocycles. The number of carbonyl (C=O) groups excluding carboxylic acids is 1. The van der Waals surface area contributed by atoms with Gasteiger partial charge in [-0.2, -0.15) is 0 Å². The summed E-state index contributed by atoms with van der Waals surface area (Å²) < 4.78 is 0. The van der Waals surface area contributed by atoms with Crippen LogP contribution in [0.3, 0.4) is 0 Å². The topological polar surface area (TPSA) is 54.0 Å². The Morgan fingerprint density at radius 2 is 2.21 bits per heavy atom. The molecule has 0 radical (unpaired) electrons. The average Bonchev–Trinajstić information content (AvgIpc) is 3.02. The second-order valence-corrected chi connectivity index (χ2v) is 7.71. The monoisotopic (exact) mass is 343 g/mol. The first-order valence-corrected chi connectivity index (χ1v) is 9.53. The van der Waals surface area contributed by atoms with Crippen molar-refractivity contribution in [3.63, 3.8) is 0 Å². The molecule has 5 heteroatoms. The van der Waals surface area contributed by atoms with Crippen molar-refractivity contribution < 1.29 is 4.79 Å². The van der Waals surface area contributed by atoms with E-state index in [1.54, 1.807) is 11.3 Å². The molecular weight excluding hydrogens is 318 g/mol. The molecule has 2 aromatic rings. The van der Waals surface area contributed by atoms with Gasteiger partial charge in [-0.15, -0.1) is 11.3 Å². The SMILES string of the molecule is Cc1nc(-c2cccc(NC(=O)CC(C)C3CCNCC3)c2)cs1. The lowest BCUT2D eigenvalue weighted by Crippen LogP contribution is -2.32. The number of rotatable bonds is 5. The van der Waals surface area contributed by atoms with E-state index in [0.29, 0.717) is 18.3 Å². The van der Waals surface area contributed by atoms with E-state index >= 15 is 0 Å². The van der Waals surface area contributed by atoms with E-state index in [-0.39, 0.29) is 5.91 Å². The number of amides is 1. The Kier molecular flexibility index (Phi) is 5.63. The smallest absolute Gasteiger partial charge is 0.224 e. The van der Waals surface area contributed by atoms with Gasteiger partial charge in [0.2, 0.25) is 5.91 Å². The van der Waals surface area contributed by atoms with Crippen molar-refractivity contribution >= 4 is 22.9 Å². The van der Waals surface area contributed by atoms with Crippen molar-refractivity contribution in [1.29, 1.82) is 0 Å². The van der Waals surface area contributed by atoms with Gasteiger partial charge in [-0.1, -0.05) is 19.1 Å². The third kappa shape index (κ3) is 4.42. The van der Waals surface area contributed by atoms with Gasteiger partial charge in [-0.25, -0.2) is 4.98 Å². The molecule has 0 spiro atoms. The van der Waals surface area contributed by atoms with Crippen LogP contribution < -0.4 is 10.6 Å². The normalized spacial score (nSPS) is 16.8. The molecule has 0 aliphatic carbocycles. The number of hydrogen-bond donors (Lipinski definition) is 2. The number of anilines is 1. The van der Waals surface area contributed by atoms with Crippen molar-refractivity contribution in [3.05, 3.63) is 34.7 Å². The largest absolute Gasteiger partial charge is 0.326 e. The maximum atomic E-state index is 12.4. The summed E-state index contributed by atoms with van der Waals surface area (Å²) in [7, 11) is 0. The first-order chi connectivity index (χ1) is 11.6. The number of aromatic nitrogens is 1. The van der Waals surface area contributed by atoms with E-state index in [0.717, 1.165) is 35.0 Å². The molecule has 1 fully saturated rings. The summed E-state index contributed by atoms with van der Waals surface area (Å²) in [5.41, 5.74) is 2.86. The van der Waals surface area contributed by atoms with Crippen LogP contribution in [0.1, 0.15) is 31.2 Å². The van der Waals surface area contributed by atoms with Gasteiger partial charge in [0.25, 0.3) is 0 Å². The highest BCUT2D eigenvalue weighted by Gasteiger charge is 2.22. The number of nitrogens with zero attached hydrogens (tertiary/aromatic N) is 1. The molecule has 1 atom stereocenters. The van der Waals surface area contributed by atoms with Crippen LogP contribution in [0.25, 0.3) is 11.3 Å². The van der Waals surface area contributed by atoms with Gasteiger partial charge >= 0.3 is 0 Å². The maximum absolute atomic E-state index is 12.4. The summed E-state index contributed by atoms with van der Waals surface area (Å²) in [5, 5.41) is 9.53. The minimum absolute atomic E-state index is 0.104. The van der Waals surface area contributed by atoms with Crippen LogP contribution >= 0.6 is 11.3 Å². The first kappa shape index (κ1) is 17.1. The van der Waals surface area contributed by atoms with Crippen molar-refractivity contribution in [2.45, 2.75) is 33.1 Å². The minimum atomic E-state index is 0.104. The van der Waals surface area contributed by atoms with Gasteiger partial charge < -0.3 is 10.6 Å². The summed E-state index contributed by atoms with van der Waals surface area (Å²) in [6, 6.07) is 7.94. The predicted octanol–water partition coefficient (Wildman–Crippen LogP) is 4.08. The molecular formula is C19H25N3OS. The fraction of sp³-hybridized carbons (Fsp3) is 0.474. The summed E-state index contributed by atoms with van der Waals surface area (Å²) in [4.78, 5) is 16.9. The highest BCUT2D eigenvalue weighted by Crippen LogP contribution is 2.26. The van der Waals surface area contributed by atoms with Crippen molar-refractivity contribution in [2.24, 2.45) is 11.8 Å². The highest BCUT2D eigenvalue weighted by atomic mass is 32.1. The van der Waals surface area contributed by atoms with Gasteiger partial charge in [0.1, 0.15) is 0 Å². The number of nitrogens with one attached hydrogen (secondary N) is 2. The van der Waals surface area contributed by atoms with Crippen LogP contribution in [0.5, 0.6) is 0 Å². The Labute approximate surface area is 147 Å². The standard InChI is InChI=1S/C19H25N3OS/c1-13(15-6-8-20-9-7-15)10-19(23)22-17-5-3-4-16(11-17)18-12-24-14(2)21-18/h3-5,11-13,15,20H,6-10H2,1-2H3,(H,22,23). The zero-order valence-corrected chi connectivity index (χ0v) is 15.2. The number of thiazole rings is 1. The van der Waals surface area contributed by atoms with Gasteiger partial charge in [-0.3, -0.25) is 4.79 Å². The Hall–Kier alpha value is -1.72. The van der Waals surface area contributed by atoms with Crippen molar-refractivity contribution in [2.75, 3.05) is 18.4 Å². The molecule has 24 heavy (non-hydrogen) atoms.